The number of amides is 1. The molecule has 1 fully saturated rings. The van der Waals surface area contributed by atoms with E-state index in [1.807, 2.05) is 4.90 Å². The average molecular weight is 421 g/mol. The Morgan fingerprint density at radius 2 is 1.68 bits per heavy atom. The lowest BCUT2D eigenvalue weighted by molar-refractivity contribution is 0.0746. The van der Waals surface area contributed by atoms with Crippen LogP contribution >= 0.6 is 0 Å². The van der Waals surface area contributed by atoms with E-state index < -0.39 is 5.82 Å². The summed E-state index contributed by atoms with van der Waals surface area (Å²) in [6.45, 7) is 2.01. The summed E-state index contributed by atoms with van der Waals surface area (Å²) in [7, 11) is 0. The van der Waals surface area contributed by atoms with E-state index in [2.05, 4.69) is 20.3 Å². The summed E-state index contributed by atoms with van der Waals surface area (Å²) >= 11 is 0. The van der Waals surface area contributed by atoms with Gasteiger partial charge in [-0.05, 0) is 42.5 Å². The van der Waals surface area contributed by atoms with Gasteiger partial charge < -0.3 is 9.80 Å². The molecule has 0 spiro atoms. The maximum atomic E-state index is 13.4. The molecular weight excluding hydrogens is 404 g/mol. The second-order valence-corrected chi connectivity index (χ2v) is 7.14. The second kappa shape index (κ2) is 7.71. The maximum absolute atomic E-state index is 13.4. The van der Waals surface area contributed by atoms with E-state index >= 15 is 0 Å². The van der Waals surface area contributed by atoms with Gasteiger partial charge in [-0.3, -0.25) is 4.79 Å². The highest BCUT2D eigenvalue weighted by Crippen LogP contribution is 2.24. The van der Waals surface area contributed by atoms with E-state index in [9.17, 15) is 13.6 Å². The van der Waals surface area contributed by atoms with Gasteiger partial charge >= 0.3 is 0 Å². The Hall–Kier alpha value is -3.95. The molecule has 31 heavy (non-hydrogen) atoms. The number of nitrogens with zero attached hydrogens (tertiary/aromatic N) is 7. The van der Waals surface area contributed by atoms with Gasteiger partial charge in [0.05, 0.1) is 5.69 Å². The summed E-state index contributed by atoms with van der Waals surface area (Å²) in [5.41, 5.74) is 2.01. The number of aromatic nitrogens is 5. The standard InChI is InChI=1S/C21H17F2N7O/c22-15-4-6-17(7-5-15)30-20-18(26-27-30)19(24-13-25-20)28-8-10-29(11-9-28)21(31)14-2-1-3-16(23)12-14/h1-7,12-13H,8-11H2. The third-order valence-electron chi connectivity index (χ3n) is 5.23. The van der Waals surface area contributed by atoms with Crippen LogP contribution in [0.25, 0.3) is 16.9 Å². The molecule has 1 aliphatic heterocycles. The molecule has 1 amide bonds. The number of anilines is 1. The number of piperazine rings is 1. The molecule has 8 nitrogen and oxygen atoms in total. The van der Waals surface area contributed by atoms with Crippen LogP contribution in [0.1, 0.15) is 10.4 Å². The van der Waals surface area contributed by atoms with Gasteiger partial charge in [-0.1, -0.05) is 11.3 Å². The minimum Gasteiger partial charge on any atom is -0.351 e. The number of carbonyl (C=O) groups excluding carboxylic acids is 1. The highest BCUT2D eigenvalue weighted by molar-refractivity contribution is 5.94. The number of hydrogen-bond acceptors (Lipinski definition) is 6. The van der Waals surface area contributed by atoms with Crippen molar-refractivity contribution in [3.63, 3.8) is 0 Å². The first-order valence-corrected chi connectivity index (χ1v) is 9.72. The number of halogens is 2. The van der Waals surface area contributed by atoms with Crippen LogP contribution in [0.5, 0.6) is 0 Å². The fourth-order valence-corrected chi connectivity index (χ4v) is 3.65. The van der Waals surface area contributed by atoms with Gasteiger partial charge in [0.25, 0.3) is 5.91 Å². The lowest BCUT2D eigenvalue weighted by Crippen LogP contribution is -2.49. The third-order valence-corrected chi connectivity index (χ3v) is 5.23. The van der Waals surface area contributed by atoms with Crippen LogP contribution in [0, 0.1) is 11.6 Å². The van der Waals surface area contributed by atoms with Crippen LogP contribution in [-0.2, 0) is 0 Å². The van der Waals surface area contributed by atoms with Crippen molar-refractivity contribution in [3.05, 3.63) is 72.1 Å². The zero-order valence-electron chi connectivity index (χ0n) is 16.3. The van der Waals surface area contributed by atoms with Crippen LogP contribution in [-0.4, -0.2) is 61.9 Å². The molecule has 0 saturated carbocycles. The van der Waals surface area contributed by atoms with E-state index in [1.165, 1.54) is 41.3 Å². The molecule has 5 rings (SSSR count). The van der Waals surface area contributed by atoms with Crippen molar-refractivity contribution in [2.75, 3.05) is 31.1 Å². The van der Waals surface area contributed by atoms with Gasteiger partial charge in [0.15, 0.2) is 17.0 Å². The van der Waals surface area contributed by atoms with Crippen molar-refractivity contribution in [3.8, 4) is 5.69 Å². The minimum absolute atomic E-state index is 0.200. The Morgan fingerprint density at radius 3 is 2.42 bits per heavy atom. The summed E-state index contributed by atoms with van der Waals surface area (Å²) in [6, 6.07) is 11.6. The molecule has 2 aromatic heterocycles. The highest BCUT2D eigenvalue weighted by atomic mass is 19.1. The van der Waals surface area contributed by atoms with Gasteiger partial charge in [-0.25, -0.2) is 18.7 Å². The fourth-order valence-electron chi connectivity index (χ4n) is 3.65. The van der Waals surface area contributed by atoms with Crippen LogP contribution in [0.4, 0.5) is 14.6 Å². The zero-order chi connectivity index (χ0) is 21.4. The molecule has 1 saturated heterocycles. The quantitative estimate of drug-likeness (QED) is 0.506. The molecule has 0 aliphatic carbocycles. The Bertz CT molecular complexity index is 1250. The van der Waals surface area contributed by atoms with E-state index in [1.54, 1.807) is 23.1 Å². The fraction of sp³-hybridized carbons (Fsp3) is 0.190. The number of rotatable bonds is 3. The van der Waals surface area contributed by atoms with Gasteiger partial charge in [-0.2, -0.15) is 4.68 Å². The molecule has 156 valence electrons. The SMILES string of the molecule is O=C(c1cccc(F)c1)N1CCN(c2ncnc3c2nnn3-c2ccc(F)cc2)CC1. The van der Waals surface area contributed by atoms with Gasteiger partial charge in [-0.15, -0.1) is 5.10 Å². The average Bonchev–Trinajstić information content (AvgIpc) is 3.23. The van der Waals surface area contributed by atoms with Crippen LogP contribution in [0.3, 0.4) is 0 Å². The van der Waals surface area contributed by atoms with Crippen molar-refractivity contribution in [1.82, 2.24) is 29.9 Å². The second-order valence-electron chi connectivity index (χ2n) is 7.14. The summed E-state index contributed by atoms with van der Waals surface area (Å²) < 4.78 is 28.2. The molecule has 0 N–H and O–H groups in total. The highest BCUT2D eigenvalue weighted by Gasteiger charge is 2.25. The lowest BCUT2D eigenvalue weighted by atomic mass is 10.1. The van der Waals surface area contributed by atoms with Crippen molar-refractivity contribution in [2.45, 2.75) is 0 Å². The van der Waals surface area contributed by atoms with Crippen LogP contribution in [0.2, 0.25) is 0 Å². The van der Waals surface area contributed by atoms with E-state index in [-0.39, 0.29) is 11.7 Å². The van der Waals surface area contributed by atoms with Crippen molar-refractivity contribution < 1.29 is 13.6 Å². The summed E-state index contributed by atoms with van der Waals surface area (Å²) in [5, 5.41) is 8.39. The number of hydrogen-bond donors (Lipinski definition) is 0. The zero-order valence-corrected chi connectivity index (χ0v) is 16.3. The first kappa shape index (κ1) is 19.0. The third kappa shape index (κ3) is 3.56. The minimum atomic E-state index is -0.433. The predicted molar refractivity (Wildman–Crippen MR) is 109 cm³/mol. The molecule has 2 aromatic carbocycles. The normalized spacial score (nSPS) is 14.3. The van der Waals surface area contributed by atoms with Gasteiger partial charge in [0.1, 0.15) is 18.0 Å². The largest absolute Gasteiger partial charge is 0.351 e. The monoisotopic (exact) mass is 421 g/mol. The first-order valence-electron chi connectivity index (χ1n) is 9.72. The van der Waals surface area contributed by atoms with Crippen molar-refractivity contribution in [1.29, 1.82) is 0 Å². The van der Waals surface area contributed by atoms with Gasteiger partial charge in [0.2, 0.25) is 0 Å². The summed E-state index contributed by atoms with van der Waals surface area (Å²) in [4.78, 5) is 25.0. The Morgan fingerprint density at radius 1 is 0.903 bits per heavy atom. The van der Waals surface area contributed by atoms with E-state index in [0.717, 1.165) is 0 Å². The smallest absolute Gasteiger partial charge is 0.254 e. The molecule has 3 heterocycles. The lowest BCUT2D eigenvalue weighted by Gasteiger charge is -2.35. The molecule has 0 radical (unpaired) electrons. The number of carbonyl (C=O) groups is 1. The van der Waals surface area contributed by atoms with E-state index in [0.29, 0.717) is 54.4 Å². The molecule has 10 heteroatoms. The summed E-state index contributed by atoms with van der Waals surface area (Å²) in [5.74, 6) is -0.350. The predicted octanol–water partition coefficient (Wildman–Crippen LogP) is 2.45. The van der Waals surface area contributed by atoms with Crippen molar-refractivity contribution in [2.24, 2.45) is 0 Å². The van der Waals surface area contributed by atoms with Crippen molar-refractivity contribution >= 4 is 22.9 Å². The molecular formula is C21H17F2N7O. The topological polar surface area (TPSA) is 80.0 Å². The first-order chi connectivity index (χ1) is 15.1. The Kier molecular flexibility index (Phi) is 4.73. The van der Waals surface area contributed by atoms with Crippen LogP contribution < -0.4 is 4.90 Å². The Labute approximate surface area is 175 Å². The maximum Gasteiger partial charge on any atom is 0.254 e. The number of fused-ring (bicyclic) bond motifs is 1. The molecule has 4 aromatic rings. The van der Waals surface area contributed by atoms with Crippen LogP contribution in [0.15, 0.2) is 54.9 Å². The number of benzene rings is 2. The molecule has 0 unspecified atom stereocenters. The molecule has 0 atom stereocenters. The molecule has 0 bridgehead atoms. The molecule has 1 aliphatic rings. The van der Waals surface area contributed by atoms with E-state index in [4.69, 9.17) is 0 Å². The Balaban J connectivity index is 1.36. The summed E-state index contributed by atoms with van der Waals surface area (Å²) in [6.07, 6.45) is 1.44. The van der Waals surface area contributed by atoms with Gasteiger partial charge in [0, 0.05) is 31.7 Å².